The summed E-state index contributed by atoms with van der Waals surface area (Å²) in [6.45, 7) is 5.69. The van der Waals surface area contributed by atoms with E-state index in [4.69, 9.17) is 11.6 Å². The number of carbonyl (C=O) groups excluding carboxylic acids is 1. The highest BCUT2D eigenvalue weighted by Crippen LogP contribution is 2.27. The highest BCUT2D eigenvalue weighted by Gasteiger charge is 2.30. The fourth-order valence-corrected chi connectivity index (χ4v) is 2.08. The zero-order valence-corrected chi connectivity index (χ0v) is 12.5. The molecule has 0 aliphatic heterocycles. The van der Waals surface area contributed by atoms with Crippen molar-refractivity contribution < 1.29 is 4.79 Å². The van der Waals surface area contributed by atoms with Crippen molar-refractivity contribution in [1.82, 2.24) is 4.98 Å². The fourth-order valence-electron chi connectivity index (χ4n) is 1.89. The third-order valence-electron chi connectivity index (χ3n) is 3.27. The molecule has 0 aliphatic rings. The van der Waals surface area contributed by atoms with E-state index in [-0.39, 0.29) is 5.91 Å². The summed E-state index contributed by atoms with van der Waals surface area (Å²) in [7, 11) is 0. The zero-order chi connectivity index (χ0) is 14.8. The lowest BCUT2D eigenvalue weighted by Gasteiger charge is -2.24. The lowest BCUT2D eigenvalue weighted by molar-refractivity contribution is -0.120. The molecule has 1 amide bonds. The molecule has 20 heavy (non-hydrogen) atoms. The number of carbonyl (C=O) groups is 1. The van der Waals surface area contributed by atoms with E-state index < -0.39 is 5.41 Å². The molecule has 2 aromatic rings. The van der Waals surface area contributed by atoms with Crippen LogP contribution in [0.5, 0.6) is 0 Å². The van der Waals surface area contributed by atoms with Crippen molar-refractivity contribution in [3.05, 3.63) is 58.7 Å². The second kappa shape index (κ2) is 5.63. The molecule has 2 rings (SSSR count). The lowest BCUT2D eigenvalue weighted by Crippen LogP contribution is -2.35. The van der Waals surface area contributed by atoms with E-state index in [1.807, 2.05) is 51.1 Å². The number of nitrogens with one attached hydrogen (secondary N) is 1. The first-order valence-electron chi connectivity index (χ1n) is 6.40. The van der Waals surface area contributed by atoms with Crippen LogP contribution in [0.3, 0.4) is 0 Å². The van der Waals surface area contributed by atoms with E-state index >= 15 is 0 Å². The van der Waals surface area contributed by atoms with Crippen LogP contribution in [0.4, 0.5) is 5.82 Å². The molecule has 3 nitrogen and oxygen atoms in total. The van der Waals surface area contributed by atoms with Gasteiger partial charge in [0, 0.05) is 11.2 Å². The highest BCUT2D eigenvalue weighted by atomic mass is 35.5. The number of nitrogens with zero attached hydrogens (tertiary/aromatic N) is 1. The predicted molar refractivity (Wildman–Crippen MR) is 82.1 cm³/mol. The third kappa shape index (κ3) is 3.17. The number of benzene rings is 1. The molecule has 4 heteroatoms. The summed E-state index contributed by atoms with van der Waals surface area (Å²) in [5.74, 6) is 0.447. The summed E-state index contributed by atoms with van der Waals surface area (Å²) < 4.78 is 0. The van der Waals surface area contributed by atoms with Crippen LogP contribution in [0, 0.1) is 6.92 Å². The number of hydrogen-bond acceptors (Lipinski definition) is 2. The van der Waals surface area contributed by atoms with Crippen LogP contribution in [0.1, 0.15) is 25.0 Å². The first-order chi connectivity index (χ1) is 9.39. The summed E-state index contributed by atoms with van der Waals surface area (Å²) in [4.78, 5) is 16.6. The average Bonchev–Trinajstić information content (AvgIpc) is 2.38. The standard InChI is InChI=1S/C16H17ClN2O/c1-11-7-8-18-14(9-11)19-15(20)16(2,3)12-5-4-6-13(17)10-12/h4-10H,1-3H3,(H,18,19,20). The minimum atomic E-state index is -0.684. The normalized spacial score (nSPS) is 11.2. The van der Waals surface area contributed by atoms with Gasteiger partial charge >= 0.3 is 0 Å². The Bertz CT molecular complexity index is 638. The fraction of sp³-hybridized carbons (Fsp3) is 0.250. The quantitative estimate of drug-likeness (QED) is 0.929. The maximum atomic E-state index is 12.5. The van der Waals surface area contributed by atoms with Gasteiger partial charge in [0.1, 0.15) is 5.82 Å². The number of amides is 1. The smallest absolute Gasteiger partial charge is 0.235 e. The molecule has 0 radical (unpaired) electrons. The molecule has 0 fully saturated rings. The molecule has 0 unspecified atom stereocenters. The van der Waals surface area contributed by atoms with Crippen molar-refractivity contribution in [1.29, 1.82) is 0 Å². The number of pyridine rings is 1. The maximum Gasteiger partial charge on any atom is 0.235 e. The van der Waals surface area contributed by atoms with Gasteiger partial charge < -0.3 is 5.32 Å². The Hall–Kier alpha value is -1.87. The minimum absolute atomic E-state index is 0.113. The van der Waals surface area contributed by atoms with Gasteiger partial charge in [-0.2, -0.15) is 0 Å². The number of rotatable bonds is 3. The van der Waals surface area contributed by atoms with Gasteiger partial charge in [0.2, 0.25) is 5.91 Å². The minimum Gasteiger partial charge on any atom is -0.310 e. The third-order valence-corrected chi connectivity index (χ3v) is 3.51. The van der Waals surface area contributed by atoms with Gasteiger partial charge in [0.15, 0.2) is 0 Å². The van der Waals surface area contributed by atoms with Crippen LogP contribution in [-0.4, -0.2) is 10.9 Å². The van der Waals surface area contributed by atoms with Crippen molar-refractivity contribution in [2.24, 2.45) is 0 Å². The van der Waals surface area contributed by atoms with Gasteiger partial charge in [-0.3, -0.25) is 4.79 Å². The topological polar surface area (TPSA) is 42.0 Å². The molecule has 0 spiro atoms. The highest BCUT2D eigenvalue weighted by molar-refractivity contribution is 6.30. The van der Waals surface area contributed by atoms with Crippen LogP contribution in [0.2, 0.25) is 5.02 Å². The average molecular weight is 289 g/mol. The summed E-state index contributed by atoms with van der Waals surface area (Å²) in [6, 6.07) is 11.1. The van der Waals surface area contributed by atoms with Crippen molar-refractivity contribution >= 4 is 23.3 Å². The molecular formula is C16H17ClN2O. The van der Waals surface area contributed by atoms with Crippen molar-refractivity contribution in [3.8, 4) is 0 Å². The zero-order valence-electron chi connectivity index (χ0n) is 11.8. The lowest BCUT2D eigenvalue weighted by atomic mass is 9.84. The number of halogens is 1. The van der Waals surface area contributed by atoms with E-state index in [2.05, 4.69) is 10.3 Å². The molecule has 0 bridgehead atoms. The number of aromatic nitrogens is 1. The first kappa shape index (κ1) is 14.5. The predicted octanol–water partition coefficient (Wildman–Crippen LogP) is 3.96. The molecule has 1 heterocycles. The van der Waals surface area contributed by atoms with E-state index in [0.29, 0.717) is 10.8 Å². The summed E-state index contributed by atoms with van der Waals surface area (Å²) in [5, 5.41) is 3.47. The molecule has 0 aliphatic carbocycles. The Morgan fingerprint density at radius 1 is 1.25 bits per heavy atom. The Kier molecular flexibility index (Phi) is 4.09. The molecule has 1 N–H and O–H groups in total. The molecular weight excluding hydrogens is 272 g/mol. The summed E-state index contributed by atoms with van der Waals surface area (Å²) in [5.41, 5.74) is 1.24. The molecule has 1 aromatic carbocycles. The molecule has 104 valence electrons. The molecule has 0 saturated carbocycles. The van der Waals surface area contributed by atoms with Gasteiger partial charge in [-0.15, -0.1) is 0 Å². The summed E-state index contributed by atoms with van der Waals surface area (Å²) in [6.07, 6.45) is 1.68. The van der Waals surface area contributed by atoms with Gasteiger partial charge in [-0.1, -0.05) is 23.7 Å². The van der Waals surface area contributed by atoms with Crippen molar-refractivity contribution in [2.75, 3.05) is 5.32 Å². The van der Waals surface area contributed by atoms with E-state index in [0.717, 1.165) is 11.1 Å². The number of anilines is 1. The summed E-state index contributed by atoms with van der Waals surface area (Å²) >= 11 is 5.99. The van der Waals surface area contributed by atoms with Crippen LogP contribution in [0.15, 0.2) is 42.6 Å². The molecule has 0 saturated heterocycles. The first-order valence-corrected chi connectivity index (χ1v) is 6.77. The Morgan fingerprint density at radius 2 is 2.00 bits per heavy atom. The Morgan fingerprint density at radius 3 is 2.65 bits per heavy atom. The SMILES string of the molecule is Cc1ccnc(NC(=O)C(C)(C)c2cccc(Cl)c2)c1. The maximum absolute atomic E-state index is 12.5. The largest absolute Gasteiger partial charge is 0.310 e. The van der Waals surface area contributed by atoms with Crippen LogP contribution < -0.4 is 5.32 Å². The number of aryl methyl sites for hydroxylation is 1. The Balaban J connectivity index is 2.23. The number of hydrogen-bond donors (Lipinski definition) is 1. The second-order valence-corrected chi connectivity index (χ2v) is 5.74. The van der Waals surface area contributed by atoms with E-state index in [1.165, 1.54) is 0 Å². The van der Waals surface area contributed by atoms with Gasteiger partial charge in [-0.05, 0) is 56.2 Å². The Labute approximate surface area is 124 Å². The van der Waals surface area contributed by atoms with E-state index in [9.17, 15) is 4.79 Å². The van der Waals surface area contributed by atoms with Crippen LogP contribution in [-0.2, 0) is 10.2 Å². The molecule has 1 aromatic heterocycles. The van der Waals surface area contributed by atoms with Crippen LogP contribution >= 0.6 is 11.6 Å². The monoisotopic (exact) mass is 288 g/mol. The van der Waals surface area contributed by atoms with Gasteiger partial charge in [-0.25, -0.2) is 4.98 Å². The van der Waals surface area contributed by atoms with Gasteiger partial charge in [0.25, 0.3) is 0 Å². The van der Waals surface area contributed by atoms with Gasteiger partial charge in [0.05, 0.1) is 5.41 Å². The van der Waals surface area contributed by atoms with E-state index in [1.54, 1.807) is 12.3 Å². The van der Waals surface area contributed by atoms with Crippen molar-refractivity contribution in [2.45, 2.75) is 26.2 Å². The van der Waals surface area contributed by atoms with Crippen LogP contribution in [0.25, 0.3) is 0 Å². The molecule has 0 atom stereocenters. The van der Waals surface area contributed by atoms with Crippen molar-refractivity contribution in [3.63, 3.8) is 0 Å². The second-order valence-electron chi connectivity index (χ2n) is 5.31.